The second kappa shape index (κ2) is 7.72. The molecule has 1 N–H and O–H groups in total. The van der Waals surface area contributed by atoms with Crippen molar-refractivity contribution in [1.82, 2.24) is 5.32 Å². The van der Waals surface area contributed by atoms with E-state index in [4.69, 9.17) is 11.6 Å². The van der Waals surface area contributed by atoms with Crippen molar-refractivity contribution >= 4 is 23.4 Å². The lowest BCUT2D eigenvalue weighted by molar-refractivity contribution is 0.615. The molecule has 1 atom stereocenters. The van der Waals surface area contributed by atoms with Gasteiger partial charge in [0.05, 0.1) is 0 Å². The molecule has 0 aliphatic carbocycles. The molecule has 0 fully saturated rings. The van der Waals surface area contributed by atoms with Crippen molar-refractivity contribution < 1.29 is 0 Å². The third-order valence-corrected chi connectivity index (χ3v) is 4.83. The van der Waals surface area contributed by atoms with Crippen LogP contribution in [0.3, 0.4) is 0 Å². The van der Waals surface area contributed by atoms with Crippen LogP contribution in [-0.4, -0.2) is 18.8 Å². The first-order valence-corrected chi connectivity index (χ1v) is 8.15. The number of thioether (sulfide) groups is 1. The summed E-state index contributed by atoms with van der Waals surface area (Å²) in [5, 5.41) is 4.20. The van der Waals surface area contributed by atoms with Crippen molar-refractivity contribution in [3.63, 3.8) is 0 Å². The van der Waals surface area contributed by atoms with E-state index in [1.54, 1.807) is 0 Å². The van der Waals surface area contributed by atoms with Crippen LogP contribution in [0.15, 0.2) is 53.4 Å². The van der Waals surface area contributed by atoms with Gasteiger partial charge >= 0.3 is 0 Å². The zero-order chi connectivity index (χ0) is 14.4. The Kier molecular flexibility index (Phi) is 5.96. The molecule has 1 unspecified atom stereocenters. The topological polar surface area (TPSA) is 12.0 Å². The van der Waals surface area contributed by atoms with E-state index in [-0.39, 0.29) is 0 Å². The molecule has 20 heavy (non-hydrogen) atoms. The van der Waals surface area contributed by atoms with E-state index in [0.717, 1.165) is 17.2 Å². The highest BCUT2D eigenvalue weighted by Crippen LogP contribution is 2.22. The van der Waals surface area contributed by atoms with Gasteiger partial charge in [0.15, 0.2) is 0 Å². The van der Waals surface area contributed by atoms with Crippen LogP contribution in [-0.2, 0) is 6.42 Å². The maximum Gasteiger partial charge on any atom is 0.0406 e. The van der Waals surface area contributed by atoms with Gasteiger partial charge in [-0.15, -0.1) is 11.8 Å². The summed E-state index contributed by atoms with van der Waals surface area (Å²) in [5.41, 5.74) is 2.78. The molecule has 2 aromatic rings. The Labute approximate surface area is 130 Å². The van der Waals surface area contributed by atoms with Crippen molar-refractivity contribution in [2.75, 3.05) is 12.8 Å². The molecule has 0 saturated carbocycles. The first kappa shape index (κ1) is 15.4. The van der Waals surface area contributed by atoms with Crippen LogP contribution in [0.2, 0.25) is 5.02 Å². The number of hydrogen-bond acceptors (Lipinski definition) is 2. The number of halogens is 1. The molecule has 2 rings (SSSR count). The average Bonchev–Trinajstić information content (AvgIpc) is 2.47. The van der Waals surface area contributed by atoms with Crippen molar-refractivity contribution in [3.8, 4) is 0 Å². The van der Waals surface area contributed by atoms with Crippen LogP contribution in [0.4, 0.5) is 0 Å². The van der Waals surface area contributed by atoms with Crippen molar-refractivity contribution in [1.29, 1.82) is 0 Å². The Bertz CT molecular complexity index is 539. The van der Waals surface area contributed by atoms with E-state index >= 15 is 0 Å². The van der Waals surface area contributed by atoms with Gasteiger partial charge in [0.25, 0.3) is 0 Å². The van der Waals surface area contributed by atoms with E-state index in [0.29, 0.717) is 6.04 Å². The minimum absolute atomic E-state index is 0.469. The number of hydrogen-bond donors (Lipinski definition) is 1. The quantitative estimate of drug-likeness (QED) is 0.785. The van der Waals surface area contributed by atoms with E-state index in [1.807, 2.05) is 30.9 Å². The van der Waals surface area contributed by atoms with Gasteiger partial charge in [-0.25, -0.2) is 0 Å². The lowest BCUT2D eigenvalue weighted by Crippen LogP contribution is -2.30. The van der Waals surface area contributed by atoms with Crippen LogP contribution in [0.1, 0.15) is 11.1 Å². The van der Waals surface area contributed by atoms with Gasteiger partial charge in [-0.05, 0) is 55.8 Å². The molecule has 106 valence electrons. The fraction of sp³-hybridized carbons (Fsp3) is 0.294. The molecule has 0 spiro atoms. The first-order chi connectivity index (χ1) is 9.69. The van der Waals surface area contributed by atoms with Crippen LogP contribution in [0.25, 0.3) is 0 Å². The van der Waals surface area contributed by atoms with Crippen LogP contribution in [0.5, 0.6) is 0 Å². The number of aryl methyl sites for hydroxylation is 1. The molecule has 0 radical (unpaired) electrons. The zero-order valence-corrected chi connectivity index (χ0v) is 13.5. The van der Waals surface area contributed by atoms with Gasteiger partial charge < -0.3 is 5.32 Å². The maximum atomic E-state index is 5.90. The maximum absolute atomic E-state index is 5.90. The van der Waals surface area contributed by atoms with Gasteiger partial charge in [-0.3, -0.25) is 0 Å². The van der Waals surface area contributed by atoms with Gasteiger partial charge in [0, 0.05) is 21.7 Å². The number of nitrogens with one attached hydrogen (secondary N) is 1. The van der Waals surface area contributed by atoms with Crippen molar-refractivity contribution in [2.24, 2.45) is 0 Å². The lowest BCUT2D eigenvalue weighted by Gasteiger charge is -2.17. The summed E-state index contributed by atoms with van der Waals surface area (Å²) in [5.74, 6) is 1.05. The van der Waals surface area contributed by atoms with E-state index in [2.05, 4.69) is 48.6 Å². The molecule has 1 nitrogen and oxygen atoms in total. The fourth-order valence-electron chi connectivity index (χ4n) is 2.08. The van der Waals surface area contributed by atoms with E-state index in [1.165, 1.54) is 16.0 Å². The smallest absolute Gasteiger partial charge is 0.0406 e. The SMILES string of the molecule is CNC(CSc1ccc(Cl)cc1)Cc1ccccc1C. The molecular weight excluding hydrogens is 286 g/mol. The summed E-state index contributed by atoms with van der Waals surface area (Å²) >= 11 is 7.77. The highest BCUT2D eigenvalue weighted by Gasteiger charge is 2.09. The van der Waals surface area contributed by atoms with Crippen LogP contribution >= 0.6 is 23.4 Å². The molecule has 2 aromatic carbocycles. The van der Waals surface area contributed by atoms with Crippen molar-refractivity contribution in [2.45, 2.75) is 24.3 Å². The van der Waals surface area contributed by atoms with Gasteiger partial charge in [0.2, 0.25) is 0 Å². The predicted octanol–water partition coefficient (Wildman–Crippen LogP) is 4.57. The van der Waals surface area contributed by atoms with Gasteiger partial charge in [-0.2, -0.15) is 0 Å². The highest BCUT2D eigenvalue weighted by molar-refractivity contribution is 7.99. The van der Waals surface area contributed by atoms with Gasteiger partial charge in [-0.1, -0.05) is 35.9 Å². The molecule has 0 aliphatic rings. The summed E-state index contributed by atoms with van der Waals surface area (Å²) in [6.07, 6.45) is 1.06. The predicted molar refractivity (Wildman–Crippen MR) is 89.9 cm³/mol. The first-order valence-electron chi connectivity index (χ1n) is 6.79. The van der Waals surface area contributed by atoms with E-state index < -0.39 is 0 Å². The Morgan fingerprint density at radius 2 is 1.80 bits per heavy atom. The zero-order valence-electron chi connectivity index (χ0n) is 11.9. The third kappa shape index (κ3) is 4.55. The normalized spacial score (nSPS) is 12.3. The second-order valence-corrected chi connectivity index (χ2v) is 6.41. The number of rotatable bonds is 6. The third-order valence-electron chi connectivity index (χ3n) is 3.40. The average molecular weight is 306 g/mol. The summed E-state index contributed by atoms with van der Waals surface area (Å²) in [7, 11) is 2.03. The number of benzene rings is 2. The molecule has 3 heteroatoms. The largest absolute Gasteiger partial charge is 0.316 e. The minimum Gasteiger partial charge on any atom is -0.316 e. The minimum atomic E-state index is 0.469. The molecule has 0 heterocycles. The Balaban J connectivity index is 1.92. The van der Waals surface area contributed by atoms with Crippen molar-refractivity contribution in [3.05, 3.63) is 64.7 Å². The lowest BCUT2D eigenvalue weighted by atomic mass is 10.0. The monoisotopic (exact) mass is 305 g/mol. The summed E-state index contributed by atoms with van der Waals surface area (Å²) in [4.78, 5) is 1.26. The van der Waals surface area contributed by atoms with Crippen LogP contribution in [0, 0.1) is 6.92 Å². The molecule has 0 saturated heterocycles. The molecular formula is C17H20ClNS. The summed E-state index contributed by atoms with van der Waals surface area (Å²) in [6, 6.07) is 17.1. The van der Waals surface area contributed by atoms with Crippen LogP contribution < -0.4 is 5.32 Å². The standard InChI is InChI=1S/C17H20ClNS/c1-13-5-3-4-6-14(13)11-16(19-2)12-20-17-9-7-15(18)8-10-17/h3-10,16,19H,11-12H2,1-2H3. The van der Waals surface area contributed by atoms with Gasteiger partial charge in [0.1, 0.15) is 0 Å². The second-order valence-electron chi connectivity index (χ2n) is 4.88. The number of likely N-dealkylation sites (N-methyl/N-ethyl adjacent to an activating group) is 1. The Morgan fingerprint density at radius 1 is 1.10 bits per heavy atom. The molecule has 0 bridgehead atoms. The Morgan fingerprint density at radius 3 is 2.45 bits per heavy atom. The molecule has 0 amide bonds. The fourth-order valence-corrected chi connectivity index (χ4v) is 3.21. The molecule has 0 aromatic heterocycles. The summed E-state index contributed by atoms with van der Waals surface area (Å²) in [6.45, 7) is 2.17. The molecule has 0 aliphatic heterocycles. The summed E-state index contributed by atoms with van der Waals surface area (Å²) < 4.78 is 0. The highest BCUT2D eigenvalue weighted by atomic mass is 35.5. The Hall–Kier alpha value is -0.960. The van der Waals surface area contributed by atoms with E-state index in [9.17, 15) is 0 Å².